The van der Waals surface area contributed by atoms with Gasteiger partial charge in [0, 0.05) is 31.6 Å². The van der Waals surface area contributed by atoms with Crippen molar-refractivity contribution in [3.05, 3.63) is 60.7 Å². The van der Waals surface area contributed by atoms with E-state index in [0.29, 0.717) is 0 Å². The van der Waals surface area contributed by atoms with Crippen molar-refractivity contribution in [2.45, 2.75) is 0 Å². The SMILES string of the molecule is c1cc2cccc3c4c(N5CCOCC5)c(N5CCOCC5)cc5cccc(c(c1)c23)c54. The van der Waals surface area contributed by atoms with Crippen molar-refractivity contribution in [1.82, 2.24) is 0 Å². The molecule has 0 N–H and O–H groups in total. The molecule has 160 valence electrons. The van der Waals surface area contributed by atoms with Crippen molar-refractivity contribution in [2.24, 2.45) is 0 Å². The molecule has 2 heterocycles. The van der Waals surface area contributed by atoms with Gasteiger partial charge in [0.25, 0.3) is 0 Å². The van der Waals surface area contributed by atoms with E-state index in [2.05, 4.69) is 70.5 Å². The van der Waals surface area contributed by atoms with E-state index in [9.17, 15) is 0 Å². The highest BCUT2D eigenvalue weighted by Gasteiger charge is 2.26. The standard InChI is InChI=1S/C28H26N2O2/c1-4-19-5-2-9-23-25(19)21(7-1)22-8-3-6-20-18-24(29-10-14-31-15-11-29)28(27(23)26(20)22)30-12-16-32-17-13-30/h1-9,18H,10-17H2. The number of hydrogen-bond donors (Lipinski definition) is 0. The van der Waals surface area contributed by atoms with Gasteiger partial charge in [0.05, 0.1) is 37.8 Å². The number of ether oxygens (including phenoxy) is 2. The third kappa shape index (κ3) is 2.63. The smallest absolute Gasteiger partial charge is 0.0692 e. The third-order valence-corrected chi connectivity index (χ3v) is 7.26. The molecule has 2 saturated heterocycles. The number of benzene rings is 5. The van der Waals surface area contributed by atoms with Crippen LogP contribution in [0.3, 0.4) is 0 Å². The maximum atomic E-state index is 5.74. The first-order valence-electron chi connectivity index (χ1n) is 11.7. The van der Waals surface area contributed by atoms with Crippen molar-refractivity contribution in [3.63, 3.8) is 0 Å². The van der Waals surface area contributed by atoms with Gasteiger partial charge in [-0.05, 0) is 43.8 Å². The summed E-state index contributed by atoms with van der Waals surface area (Å²) >= 11 is 0. The average molecular weight is 423 g/mol. The molecule has 0 aromatic heterocycles. The van der Waals surface area contributed by atoms with Gasteiger partial charge in [0.1, 0.15) is 0 Å². The van der Waals surface area contributed by atoms with Crippen LogP contribution in [0.25, 0.3) is 43.1 Å². The van der Waals surface area contributed by atoms with Crippen LogP contribution in [0.15, 0.2) is 60.7 Å². The lowest BCUT2D eigenvalue weighted by Crippen LogP contribution is -2.40. The first-order chi connectivity index (χ1) is 15.9. The zero-order valence-electron chi connectivity index (χ0n) is 18.1. The van der Waals surface area contributed by atoms with Gasteiger partial charge in [-0.1, -0.05) is 54.6 Å². The van der Waals surface area contributed by atoms with Gasteiger partial charge >= 0.3 is 0 Å². The Morgan fingerprint density at radius 3 is 1.78 bits per heavy atom. The van der Waals surface area contributed by atoms with E-state index >= 15 is 0 Å². The summed E-state index contributed by atoms with van der Waals surface area (Å²) < 4.78 is 11.4. The third-order valence-electron chi connectivity index (χ3n) is 7.26. The van der Waals surface area contributed by atoms with Crippen LogP contribution in [0.2, 0.25) is 0 Å². The van der Waals surface area contributed by atoms with Gasteiger partial charge in [-0.2, -0.15) is 0 Å². The minimum absolute atomic E-state index is 0.780. The number of nitrogens with zero attached hydrogens (tertiary/aromatic N) is 2. The van der Waals surface area contributed by atoms with Crippen LogP contribution >= 0.6 is 0 Å². The fourth-order valence-corrected chi connectivity index (χ4v) is 5.84. The maximum absolute atomic E-state index is 5.74. The summed E-state index contributed by atoms with van der Waals surface area (Å²) in [5.41, 5.74) is 2.71. The summed E-state index contributed by atoms with van der Waals surface area (Å²) in [6.07, 6.45) is 0. The minimum Gasteiger partial charge on any atom is -0.378 e. The highest BCUT2D eigenvalue weighted by molar-refractivity contribution is 6.36. The second-order valence-corrected chi connectivity index (χ2v) is 8.93. The van der Waals surface area contributed by atoms with E-state index < -0.39 is 0 Å². The maximum Gasteiger partial charge on any atom is 0.0692 e. The number of hydrogen-bond acceptors (Lipinski definition) is 4. The topological polar surface area (TPSA) is 24.9 Å². The molecule has 0 unspecified atom stereocenters. The zero-order chi connectivity index (χ0) is 21.1. The highest BCUT2D eigenvalue weighted by atomic mass is 16.5. The van der Waals surface area contributed by atoms with Crippen LogP contribution in [0, 0.1) is 0 Å². The molecule has 0 saturated carbocycles. The van der Waals surface area contributed by atoms with Crippen molar-refractivity contribution >= 4 is 54.5 Å². The molecule has 0 amide bonds. The normalized spacial score (nSPS) is 17.9. The van der Waals surface area contributed by atoms with Crippen LogP contribution in [-0.4, -0.2) is 52.6 Å². The van der Waals surface area contributed by atoms with E-state index in [0.717, 1.165) is 52.6 Å². The number of anilines is 2. The van der Waals surface area contributed by atoms with Gasteiger partial charge in [-0.3, -0.25) is 0 Å². The Labute approximate surface area is 187 Å². The van der Waals surface area contributed by atoms with Gasteiger partial charge in [0.15, 0.2) is 0 Å². The lowest BCUT2D eigenvalue weighted by Gasteiger charge is -2.37. The molecule has 0 radical (unpaired) electrons. The van der Waals surface area contributed by atoms with Crippen molar-refractivity contribution in [3.8, 4) is 0 Å². The summed E-state index contributed by atoms with van der Waals surface area (Å²) in [6.45, 7) is 6.85. The molecule has 5 aromatic carbocycles. The highest BCUT2D eigenvalue weighted by Crippen LogP contribution is 2.48. The van der Waals surface area contributed by atoms with E-state index in [4.69, 9.17) is 9.47 Å². The Kier molecular flexibility index (Phi) is 4.17. The lowest BCUT2D eigenvalue weighted by molar-refractivity contribution is 0.121. The Hall–Kier alpha value is -3.08. The van der Waals surface area contributed by atoms with E-state index in [1.807, 2.05) is 0 Å². The second-order valence-electron chi connectivity index (χ2n) is 8.93. The number of rotatable bonds is 2. The first kappa shape index (κ1) is 18.5. The molecule has 2 aliphatic heterocycles. The molecule has 4 nitrogen and oxygen atoms in total. The van der Waals surface area contributed by atoms with E-state index in [1.54, 1.807) is 0 Å². The summed E-state index contributed by atoms with van der Waals surface area (Å²) in [7, 11) is 0. The van der Waals surface area contributed by atoms with Gasteiger partial charge in [0.2, 0.25) is 0 Å². The number of fused-ring (bicyclic) bond motifs is 2. The molecule has 2 aliphatic rings. The Morgan fingerprint density at radius 2 is 1.09 bits per heavy atom. The second kappa shape index (κ2) is 7.22. The molecule has 4 heteroatoms. The fourth-order valence-electron chi connectivity index (χ4n) is 5.84. The van der Waals surface area contributed by atoms with Crippen molar-refractivity contribution in [2.75, 3.05) is 62.4 Å². The quantitative estimate of drug-likeness (QED) is 0.281. The molecule has 0 bridgehead atoms. The monoisotopic (exact) mass is 422 g/mol. The summed E-state index contributed by atoms with van der Waals surface area (Å²) in [5, 5.41) is 10.9. The predicted molar refractivity (Wildman–Crippen MR) is 134 cm³/mol. The molecular formula is C28H26N2O2. The molecular weight excluding hydrogens is 396 g/mol. The van der Waals surface area contributed by atoms with E-state index in [1.165, 1.54) is 54.5 Å². The largest absolute Gasteiger partial charge is 0.378 e. The number of morpholine rings is 2. The Morgan fingerprint density at radius 1 is 0.531 bits per heavy atom. The predicted octanol–water partition coefficient (Wildman–Crippen LogP) is 5.41. The molecule has 0 aliphatic carbocycles. The van der Waals surface area contributed by atoms with Gasteiger partial charge < -0.3 is 19.3 Å². The van der Waals surface area contributed by atoms with Crippen LogP contribution in [0.5, 0.6) is 0 Å². The molecule has 5 aromatic rings. The van der Waals surface area contributed by atoms with Crippen LogP contribution in [-0.2, 0) is 9.47 Å². The van der Waals surface area contributed by atoms with Crippen molar-refractivity contribution < 1.29 is 9.47 Å². The minimum atomic E-state index is 0.780. The van der Waals surface area contributed by atoms with Gasteiger partial charge in [-0.25, -0.2) is 0 Å². The summed E-state index contributed by atoms with van der Waals surface area (Å²) in [5.74, 6) is 0. The summed E-state index contributed by atoms with van der Waals surface area (Å²) in [6, 6.07) is 22.7. The van der Waals surface area contributed by atoms with E-state index in [-0.39, 0.29) is 0 Å². The Bertz CT molecular complexity index is 1440. The van der Waals surface area contributed by atoms with Crippen LogP contribution < -0.4 is 9.80 Å². The average Bonchev–Trinajstić information content (AvgIpc) is 2.87. The molecule has 0 atom stereocenters. The fraction of sp³-hybridized carbons (Fsp3) is 0.286. The lowest BCUT2D eigenvalue weighted by atomic mass is 9.88. The summed E-state index contributed by atoms with van der Waals surface area (Å²) in [4.78, 5) is 5.09. The first-order valence-corrected chi connectivity index (χ1v) is 11.7. The molecule has 2 fully saturated rings. The van der Waals surface area contributed by atoms with Crippen LogP contribution in [0.1, 0.15) is 0 Å². The van der Waals surface area contributed by atoms with Crippen LogP contribution in [0.4, 0.5) is 11.4 Å². The van der Waals surface area contributed by atoms with Crippen molar-refractivity contribution in [1.29, 1.82) is 0 Å². The van der Waals surface area contributed by atoms with Gasteiger partial charge in [-0.15, -0.1) is 0 Å². The molecule has 0 spiro atoms. The zero-order valence-corrected chi connectivity index (χ0v) is 18.1. The molecule has 32 heavy (non-hydrogen) atoms. The Balaban J connectivity index is 1.69. The molecule has 7 rings (SSSR count).